The lowest BCUT2D eigenvalue weighted by Gasteiger charge is -2.31. The zero-order chi connectivity index (χ0) is 47.5. The highest BCUT2D eigenvalue weighted by molar-refractivity contribution is 5.84. The molecule has 3 radical (unpaired) electrons. The van der Waals surface area contributed by atoms with Gasteiger partial charge in [-0.05, 0) is 114 Å². The Balaban J connectivity index is -0.0000000600. The number of hydrogen-bond acceptors (Lipinski definition) is 13. The molecular formula is C60H134BN6O7. The molecule has 14 heteroatoms. The predicted molar refractivity (Wildman–Crippen MR) is 342 cm³/mol. The minimum absolute atomic E-state index is 0. The Morgan fingerprint density at radius 3 is 0.811 bits per heavy atom. The summed E-state index contributed by atoms with van der Waals surface area (Å²) in [6.07, 6.45) is 23.7. The van der Waals surface area contributed by atoms with Gasteiger partial charge in [0.15, 0.2) is 0 Å². The van der Waals surface area contributed by atoms with E-state index in [0.717, 1.165) is 36.4 Å². The molecular weight excluding hydrogens is 928 g/mol. The van der Waals surface area contributed by atoms with Crippen molar-refractivity contribution in [3.63, 3.8) is 0 Å². The number of Topliss-reactive ketones (excluding diaryl/α,β-unsaturated/α-hetero) is 1. The second kappa shape index (κ2) is 75.9. The van der Waals surface area contributed by atoms with Crippen LogP contribution in [0.15, 0.2) is 88.6 Å². The number of carbonyl (C=O) groups excluding carboxylic acids is 1. The smallest absolute Gasteiger partial charge is 0.132 e. The Labute approximate surface area is 467 Å². The number of ketones is 1. The van der Waals surface area contributed by atoms with Crippen molar-refractivity contribution in [1.29, 1.82) is 0 Å². The van der Waals surface area contributed by atoms with Gasteiger partial charge in [0.05, 0.1) is 79.3 Å². The topological polar surface area (TPSA) is 188 Å². The Morgan fingerprint density at radius 1 is 0.419 bits per heavy atom. The van der Waals surface area contributed by atoms with Gasteiger partial charge < -0.3 is 45.6 Å². The van der Waals surface area contributed by atoms with Crippen LogP contribution < -0.4 is 17.2 Å². The molecule has 13 nitrogen and oxygen atoms in total. The lowest BCUT2D eigenvalue weighted by molar-refractivity contribution is -0.119. The lowest BCUT2D eigenvalue weighted by atomic mass is 9.88. The highest BCUT2D eigenvalue weighted by atomic mass is 16.5. The van der Waals surface area contributed by atoms with Gasteiger partial charge in [-0.2, -0.15) is 0 Å². The fraction of sp³-hybridized carbons (Fsp3) is 0.733. The largest absolute Gasteiger partial charge is 0.405 e. The van der Waals surface area contributed by atoms with Crippen molar-refractivity contribution in [3.05, 3.63) is 73.7 Å². The summed E-state index contributed by atoms with van der Waals surface area (Å²) in [7, 11) is 0. The van der Waals surface area contributed by atoms with Crippen LogP contribution >= 0.6 is 0 Å². The second-order valence-corrected chi connectivity index (χ2v) is 16.1. The zero-order valence-electron chi connectivity index (χ0n) is 41.8. The second-order valence-electron chi connectivity index (χ2n) is 16.1. The van der Waals surface area contributed by atoms with E-state index in [4.69, 9.17) is 45.6 Å². The number of rotatable bonds is 33. The van der Waals surface area contributed by atoms with E-state index < -0.39 is 0 Å². The van der Waals surface area contributed by atoms with Crippen molar-refractivity contribution in [1.82, 2.24) is 0 Å². The lowest BCUT2D eigenvalue weighted by Crippen LogP contribution is -2.37. The quantitative estimate of drug-likeness (QED) is 0.0324. The molecule has 0 bridgehead atoms. The van der Waals surface area contributed by atoms with Gasteiger partial charge >= 0.3 is 0 Å². The fourth-order valence-corrected chi connectivity index (χ4v) is 4.13. The van der Waals surface area contributed by atoms with E-state index in [9.17, 15) is 4.79 Å². The van der Waals surface area contributed by atoms with E-state index in [-0.39, 0.29) is 113 Å². The molecule has 0 atom stereocenters. The average molecular weight is 1060 g/mol. The number of nitrogens with two attached hydrogens (primary N) is 3. The van der Waals surface area contributed by atoms with Crippen molar-refractivity contribution >= 4 is 31.3 Å². The molecule has 0 unspecified atom stereocenters. The van der Waals surface area contributed by atoms with Crippen molar-refractivity contribution in [2.45, 2.75) is 191 Å². The monoisotopic (exact) mass is 1060 g/mol. The molecule has 0 spiro atoms. The maximum atomic E-state index is 10.1. The van der Waals surface area contributed by atoms with Gasteiger partial charge in [0.25, 0.3) is 0 Å². The Morgan fingerprint density at radius 2 is 0.635 bits per heavy atom. The van der Waals surface area contributed by atoms with Crippen molar-refractivity contribution in [2.24, 2.45) is 60.8 Å². The summed E-state index contributed by atoms with van der Waals surface area (Å²) in [4.78, 5) is 23.4. The minimum Gasteiger partial charge on any atom is -0.405 e. The van der Waals surface area contributed by atoms with E-state index >= 15 is 0 Å². The first-order valence-corrected chi connectivity index (χ1v) is 22.2. The van der Waals surface area contributed by atoms with Crippen LogP contribution in [0.5, 0.6) is 0 Å². The van der Waals surface area contributed by atoms with Crippen molar-refractivity contribution in [3.8, 4) is 0 Å². The van der Waals surface area contributed by atoms with Gasteiger partial charge in [0.1, 0.15) is 5.78 Å². The third-order valence-electron chi connectivity index (χ3n) is 9.81. The average Bonchev–Trinajstić information content (AvgIpc) is 3.25. The number of ether oxygens (including phenoxy) is 6. The molecule has 0 amide bonds. The van der Waals surface area contributed by atoms with Crippen LogP contribution in [0.25, 0.3) is 0 Å². The van der Waals surface area contributed by atoms with Crippen LogP contribution in [0.4, 0.5) is 0 Å². The SMILES string of the molecule is C.C.C.C.C.C.C.C.C.C.C.CC(=O)C(C)C.CCC(C)=N/C=C/COCC(CC)(COC/C=C/N=C(C)C(C)C)COC/C=C/N=C(C)C(C)C.CCC(COC/C=C\N)(COC/C=C/N)COC/C=C/N.[B]. The predicted octanol–water partition coefficient (Wildman–Crippen LogP) is 15.8. The summed E-state index contributed by atoms with van der Waals surface area (Å²) in [5, 5.41) is 0. The third-order valence-corrected chi connectivity index (χ3v) is 9.81. The maximum absolute atomic E-state index is 10.1. The number of nitrogens with zero attached hydrogens (tertiary/aromatic N) is 3. The van der Waals surface area contributed by atoms with Crippen LogP contribution in [0.1, 0.15) is 191 Å². The van der Waals surface area contributed by atoms with Crippen LogP contribution in [-0.2, 0) is 33.2 Å². The molecule has 6 N–H and O–H groups in total. The van der Waals surface area contributed by atoms with Crippen molar-refractivity contribution < 1.29 is 33.2 Å². The van der Waals surface area contributed by atoms with Gasteiger partial charge in [-0.3, -0.25) is 19.8 Å². The first kappa shape index (κ1) is 110. The molecule has 0 aromatic carbocycles. The number of hydrogen-bond donors (Lipinski definition) is 3. The highest BCUT2D eigenvalue weighted by Crippen LogP contribution is 2.25. The van der Waals surface area contributed by atoms with Crippen LogP contribution in [0.2, 0.25) is 0 Å². The van der Waals surface area contributed by atoms with Gasteiger partial charge in [0, 0.05) is 60.9 Å². The van der Waals surface area contributed by atoms with Gasteiger partial charge in [-0.15, -0.1) is 0 Å². The molecule has 0 aliphatic carbocycles. The summed E-state index contributed by atoms with van der Waals surface area (Å²) in [5.41, 5.74) is 18.8. The van der Waals surface area contributed by atoms with E-state index in [1.807, 2.05) is 71.4 Å². The maximum Gasteiger partial charge on any atom is 0.132 e. The molecule has 0 aliphatic heterocycles. The molecule has 0 saturated carbocycles. The first-order chi connectivity index (χ1) is 29.6. The van der Waals surface area contributed by atoms with Gasteiger partial charge in [-0.25, -0.2) is 0 Å². The van der Waals surface area contributed by atoms with E-state index in [1.54, 1.807) is 25.2 Å². The van der Waals surface area contributed by atoms with Gasteiger partial charge in [0.2, 0.25) is 0 Å². The minimum atomic E-state index is -0.230. The third kappa shape index (κ3) is 68.3. The normalized spacial score (nSPS) is 12.0. The zero-order valence-corrected chi connectivity index (χ0v) is 41.8. The fourth-order valence-electron chi connectivity index (χ4n) is 4.13. The summed E-state index contributed by atoms with van der Waals surface area (Å²) >= 11 is 0. The number of aliphatic imine (C=N–C) groups is 3. The molecule has 0 aromatic rings. The van der Waals surface area contributed by atoms with E-state index in [0.29, 0.717) is 91.1 Å². The first-order valence-electron chi connectivity index (χ1n) is 22.2. The molecule has 0 aromatic heterocycles. The van der Waals surface area contributed by atoms with E-state index in [1.165, 1.54) is 18.6 Å². The molecule has 0 saturated heterocycles. The Hall–Kier alpha value is -3.66. The molecule has 0 aliphatic rings. The van der Waals surface area contributed by atoms with Crippen molar-refractivity contribution in [2.75, 3.05) is 79.3 Å². The van der Waals surface area contributed by atoms with Crippen LogP contribution in [0.3, 0.4) is 0 Å². The van der Waals surface area contributed by atoms with Gasteiger partial charge in [-0.1, -0.05) is 144 Å². The van der Waals surface area contributed by atoms with Crippen LogP contribution in [-0.4, -0.2) is 111 Å². The summed E-state index contributed by atoms with van der Waals surface area (Å²) in [6, 6.07) is 0. The Kier molecular flexibility index (Phi) is 113. The standard InChI is InChI=1S/C29H51N3O3.C15H29N3O3.C5H10O.11CH4.B/c1-10-26(7)30-15-12-18-33-21-29(11-2,22-34-19-13-16-31-27(8)24(3)4)23-35-20-14-17-32-28(9)25(5)6;1-2-15(12-19-9-3-6-16,13-20-10-4-7-17)14-21-11-5-8-18;1-4(2)5(3)6;;;;;;;;;;;;/h12-17,24-25H,10-11,18-23H2,1-9H3;3-8H,2,9-14,16-18H2,1H3;4H,1-3H3;11*1H4;/b15-12+,16-13+,17-14+,30-26?,31-27?,32-28?;6-3-,7-4+,8-5+;;;;;;;;;;;;;. The summed E-state index contributed by atoms with van der Waals surface area (Å²) in [5.74, 6) is 1.37. The summed E-state index contributed by atoms with van der Waals surface area (Å²) in [6.45, 7) is 32.6. The molecule has 0 heterocycles. The van der Waals surface area contributed by atoms with Crippen LogP contribution in [0, 0.1) is 28.6 Å². The molecule has 0 rings (SSSR count). The highest BCUT2D eigenvalue weighted by Gasteiger charge is 2.30. The molecule has 0 fully saturated rings. The van der Waals surface area contributed by atoms with E-state index in [2.05, 4.69) is 63.4 Å². The molecule has 74 heavy (non-hydrogen) atoms. The summed E-state index contributed by atoms with van der Waals surface area (Å²) < 4.78 is 34.9. The Bertz CT molecular complexity index is 1290. The molecule has 449 valence electrons. The number of carbonyl (C=O) groups is 1.